The molecule has 1 fully saturated rings. The number of carbonyl (C=O) groups is 2. The van der Waals surface area contributed by atoms with E-state index in [2.05, 4.69) is 5.32 Å². The summed E-state index contributed by atoms with van der Waals surface area (Å²) in [6.07, 6.45) is 0.637. The number of carboxylic acid groups (broad SMARTS) is 1. The van der Waals surface area contributed by atoms with Gasteiger partial charge in [0.25, 0.3) is 5.69 Å². The van der Waals surface area contributed by atoms with Gasteiger partial charge in [0.2, 0.25) is 5.91 Å². The number of nitrogens with one attached hydrogen (secondary N) is 1. The van der Waals surface area contributed by atoms with Gasteiger partial charge in [0.1, 0.15) is 5.41 Å². The van der Waals surface area contributed by atoms with Crippen LogP contribution in [0.25, 0.3) is 0 Å². The maximum absolute atomic E-state index is 12.0. The molecule has 20 heavy (non-hydrogen) atoms. The number of aliphatic carboxylic acids is 1. The minimum absolute atomic E-state index is 0.0279. The second kappa shape index (κ2) is 4.59. The molecular formula is C13H14N2O5. The van der Waals surface area contributed by atoms with E-state index in [-0.39, 0.29) is 5.69 Å². The zero-order chi connectivity index (χ0) is 15.1. The molecule has 1 amide bonds. The Balaban J connectivity index is 2.27. The molecule has 1 aromatic carbocycles. The van der Waals surface area contributed by atoms with Crippen molar-refractivity contribution in [1.82, 2.24) is 0 Å². The van der Waals surface area contributed by atoms with Gasteiger partial charge in [-0.15, -0.1) is 0 Å². The number of benzene rings is 1. The summed E-state index contributed by atoms with van der Waals surface area (Å²) in [7, 11) is 0. The third-order valence-electron chi connectivity index (χ3n) is 3.58. The maximum Gasteiger partial charge on any atom is 0.319 e. The fourth-order valence-electron chi connectivity index (χ4n) is 2.04. The van der Waals surface area contributed by atoms with Crippen LogP contribution >= 0.6 is 0 Å². The number of nitro groups is 1. The number of anilines is 1. The van der Waals surface area contributed by atoms with Crippen LogP contribution in [0.15, 0.2) is 12.1 Å². The highest BCUT2D eigenvalue weighted by molar-refractivity contribution is 6.11. The van der Waals surface area contributed by atoms with E-state index in [1.54, 1.807) is 13.8 Å². The largest absolute Gasteiger partial charge is 0.480 e. The Kier molecular flexibility index (Phi) is 3.21. The van der Waals surface area contributed by atoms with Crippen LogP contribution in [-0.4, -0.2) is 21.9 Å². The number of amides is 1. The number of hydrogen-bond donors (Lipinski definition) is 2. The topological polar surface area (TPSA) is 110 Å². The first-order valence-electron chi connectivity index (χ1n) is 6.08. The molecule has 0 heterocycles. The third-order valence-corrected chi connectivity index (χ3v) is 3.58. The van der Waals surface area contributed by atoms with E-state index >= 15 is 0 Å². The summed E-state index contributed by atoms with van der Waals surface area (Å²) in [6, 6.07) is 2.86. The van der Waals surface area contributed by atoms with Gasteiger partial charge >= 0.3 is 5.97 Å². The van der Waals surface area contributed by atoms with Crippen molar-refractivity contribution in [3.63, 3.8) is 0 Å². The fourth-order valence-corrected chi connectivity index (χ4v) is 2.04. The van der Waals surface area contributed by atoms with E-state index < -0.39 is 22.2 Å². The van der Waals surface area contributed by atoms with E-state index in [0.29, 0.717) is 29.7 Å². The average molecular weight is 278 g/mol. The zero-order valence-corrected chi connectivity index (χ0v) is 11.1. The van der Waals surface area contributed by atoms with Gasteiger partial charge in [-0.2, -0.15) is 0 Å². The van der Waals surface area contributed by atoms with E-state index in [4.69, 9.17) is 5.11 Å². The molecule has 0 bridgehead atoms. The predicted octanol–water partition coefficient (Wildman–Crippen LogP) is 2.01. The van der Waals surface area contributed by atoms with Crippen LogP contribution in [0.2, 0.25) is 0 Å². The number of nitrogens with zero attached hydrogens (tertiary/aromatic N) is 1. The lowest BCUT2D eigenvalue weighted by Crippen LogP contribution is -2.31. The lowest BCUT2D eigenvalue weighted by atomic mass is 10.0. The first-order valence-corrected chi connectivity index (χ1v) is 6.08. The molecule has 7 nitrogen and oxygen atoms in total. The third kappa shape index (κ3) is 2.22. The van der Waals surface area contributed by atoms with Gasteiger partial charge in [0.15, 0.2) is 0 Å². The van der Waals surface area contributed by atoms with Gasteiger partial charge in [-0.05, 0) is 38.3 Å². The Morgan fingerprint density at radius 3 is 2.35 bits per heavy atom. The summed E-state index contributed by atoms with van der Waals surface area (Å²) in [6.45, 7) is 3.19. The second-order valence-corrected chi connectivity index (χ2v) is 5.05. The Morgan fingerprint density at radius 1 is 1.30 bits per heavy atom. The number of carboxylic acids is 1. The van der Waals surface area contributed by atoms with Crippen LogP contribution in [0.3, 0.4) is 0 Å². The van der Waals surface area contributed by atoms with E-state index in [1.165, 1.54) is 12.1 Å². The highest BCUT2D eigenvalue weighted by Gasteiger charge is 2.57. The quantitative estimate of drug-likeness (QED) is 0.497. The molecule has 0 unspecified atom stereocenters. The van der Waals surface area contributed by atoms with E-state index in [9.17, 15) is 19.7 Å². The fraction of sp³-hybridized carbons (Fsp3) is 0.385. The van der Waals surface area contributed by atoms with Crippen molar-refractivity contribution in [1.29, 1.82) is 0 Å². The van der Waals surface area contributed by atoms with Crippen molar-refractivity contribution in [2.75, 3.05) is 5.32 Å². The van der Waals surface area contributed by atoms with Gasteiger partial charge in [0, 0.05) is 17.3 Å². The number of aryl methyl sites for hydroxylation is 2. The first kappa shape index (κ1) is 14.0. The molecule has 1 saturated carbocycles. The molecule has 0 spiro atoms. The van der Waals surface area contributed by atoms with Crippen LogP contribution < -0.4 is 5.32 Å². The molecule has 0 aromatic heterocycles. The Labute approximate surface area is 114 Å². The van der Waals surface area contributed by atoms with Gasteiger partial charge in [-0.25, -0.2) is 0 Å². The summed E-state index contributed by atoms with van der Waals surface area (Å²) in [5, 5.41) is 22.4. The summed E-state index contributed by atoms with van der Waals surface area (Å²) in [4.78, 5) is 33.4. The smallest absolute Gasteiger partial charge is 0.319 e. The first-order chi connectivity index (χ1) is 9.28. The van der Waals surface area contributed by atoms with Crippen LogP contribution in [0, 0.1) is 29.4 Å². The number of carbonyl (C=O) groups excluding carboxylic acids is 1. The van der Waals surface area contributed by atoms with Crippen LogP contribution in [0.5, 0.6) is 0 Å². The molecule has 0 atom stereocenters. The van der Waals surface area contributed by atoms with Gasteiger partial charge in [0.05, 0.1) is 4.92 Å². The molecule has 2 rings (SSSR count). The minimum atomic E-state index is -1.33. The zero-order valence-electron chi connectivity index (χ0n) is 11.1. The summed E-state index contributed by atoms with van der Waals surface area (Å²) in [5.74, 6) is -1.70. The molecule has 2 N–H and O–H groups in total. The maximum atomic E-state index is 12.0. The SMILES string of the molecule is Cc1cc([N+](=O)[O-])c(C)cc1NC(=O)C1(C(=O)O)CC1. The molecule has 0 radical (unpaired) electrons. The standard InChI is InChI=1S/C13H14N2O5/c1-7-6-10(15(19)20)8(2)5-9(7)14-11(16)13(3-4-13)12(17)18/h5-6H,3-4H2,1-2H3,(H,14,16)(H,17,18). The molecule has 0 saturated heterocycles. The Hall–Kier alpha value is -2.44. The lowest BCUT2D eigenvalue weighted by molar-refractivity contribution is -0.385. The predicted molar refractivity (Wildman–Crippen MR) is 70.5 cm³/mol. The Bertz CT molecular complexity index is 619. The van der Waals surface area contributed by atoms with Crippen molar-refractivity contribution in [3.05, 3.63) is 33.4 Å². The molecule has 1 aliphatic rings. The molecular weight excluding hydrogens is 264 g/mol. The van der Waals surface area contributed by atoms with Gasteiger partial charge in [-0.3, -0.25) is 19.7 Å². The normalized spacial score (nSPS) is 15.5. The highest BCUT2D eigenvalue weighted by atomic mass is 16.6. The van der Waals surface area contributed by atoms with E-state index in [1.807, 2.05) is 0 Å². The molecule has 1 aliphatic carbocycles. The van der Waals surface area contributed by atoms with Crippen molar-refractivity contribution >= 4 is 23.3 Å². The van der Waals surface area contributed by atoms with Crippen molar-refractivity contribution < 1.29 is 19.6 Å². The summed E-state index contributed by atoms with van der Waals surface area (Å²) < 4.78 is 0. The molecule has 1 aromatic rings. The van der Waals surface area contributed by atoms with Crippen LogP contribution in [0.4, 0.5) is 11.4 Å². The number of nitro benzene ring substituents is 1. The molecule has 106 valence electrons. The highest BCUT2D eigenvalue weighted by Crippen LogP contribution is 2.47. The summed E-state index contributed by atoms with van der Waals surface area (Å²) >= 11 is 0. The van der Waals surface area contributed by atoms with Gasteiger partial charge < -0.3 is 10.4 Å². The Morgan fingerprint density at radius 2 is 1.90 bits per heavy atom. The average Bonchev–Trinajstić information content (AvgIpc) is 3.14. The van der Waals surface area contributed by atoms with Crippen LogP contribution in [0.1, 0.15) is 24.0 Å². The van der Waals surface area contributed by atoms with Crippen molar-refractivity contribution in [3.8, 4) is 0 Å². The molecule has 7 heteroatoms. The van der Waals surface area contributed by atoms with Crippen LogP contribution in [-0.2, 0) is 9.59 Å². The lowest BCUT2D eigenvalue weighted by Gasteiger charge is -2.13. The summed E-state index contributed by atoms with van der Waals surface area (Å²) in [5.41, 5.74) is -0.0133. The van der Waals surface area contributed by atoms with Gasteiger partial charge in [-0.1, -0.05) is 0 Å². The number of hydrogen-bond acceptors (Lipinski definition) is 4. The van der Waals surface area contributed by atoms with Crippen molar-refractivity contribution in [2.45, 2.75) is 26.7 Å². The number of rotatable bonds is 4. The molecule has 0 aliphatic heterocycles. The van der Waals surface area contributed by atoms with E-state index in [0.717, 1.165) is 0 Å². The second-order valence-electron chi connectivity index (χ2n) is 5.05. The minimum Gasteiger partial charge on any atom is -0.480 e. The monoisotopic (exact) mass is 278 g/mol. The van der Waals surface area contributed by atoms with Crippen molar-refractivity contribution in [2.24, 2.45) is 5.41 Å².